The first-order valence-corrected chi connectivity index (χ1v) is 23.1. The molecule has 2 aromatic rings. The van der Waals surface area contributed by atoms with E-state index in [0.29, 0.717) is 12.8 Å². The van der Waals surface area contributed by atoms with Gasteiger partial charge in [0.05, 0.1) is 42.0 Å². The Bertz CT molecular complexity index is 1710. The number of ketones is 3. The molecule has 1 aliphatic heterocycles. The highest BCUT2D eigenvalue weighted by Gasteiger charge is 2.48. The molecule has 1 aromatic heterocycles. The van der Waals surface area contributed by atoms with Gasteiger partial charge in [0.1, 0.15) is 17.5 Å². The first-order chi connectivity index (χ1) is 29.2. The number of hydrogen-bond donors (Lipinski definition) is 1. The zero-order valence-electron chi connectivity index (χ0n) is 39.5. The number of thiazole rings is 1. The zero-order chi connectivity index (χ0) is 46.5. The Morgan fingerprint density at radius 3 is 2.11 bits per heavy atom. The van der Waals surface area contributed by atoms with Crippen LogP contribution >= 0.6 is 11.3 Å². The third kappa shape index (κ3) is 14.5. The molecule has 0 bridgehead atoms. The number of nitrogens with zero attached hydrogens (tertiary/aromatic N) is 3. The lowest BCUT2D eigenvalue weighted by Gasteiger charge is -2.40. The summed E-state index contributed by atoms with van der Waals surface area (Å²) in [6, 6.07) is 8.68. The van der Waals surface area contributed by atoms with Crippen molar-refractivity contribution >= 4 is 40.7 Å². The Kier molecular flexibility index (Phi) is 20.8. The average molecular weight is 886 g/mol. The van der Waals surface area contributed by atoms with Crippen LogP contribution in [0.15, 0.2) is 41.9 Å². The minimum atomic E-state index is -0.911. The second-order valence-corrected chi connectivity index (χ2v) is 19.7. The predicted octanol–water partition coefficient (Wildman–Crippen LogP) is 7.57. The van der Waals surface area contributed by atoms with Crippen LogP contribution in [0.1, 0.15) is 117 Å². The fraction of sp³-hybridized carbons (Fsp3) is 0.708. The normalized spacial score (nSPS) is 20.9. The van der Waals surface area contributed by atoms with Crippen molar-refractivity contribution in [3.63, 3.8) is 0 Å². The maximum atomic E-state index is 14.5. The van der Waals surface area contributed by atoms with Gasteiger partial charge in [0.2, 0.25) is 5.91 Å². The lowest BCUT2D eigenvalue weighted by atomic mass is 9.83. The predicted molar refractivity (Wildman–Crippen MR) is 241 cm³/mol. The number of ether oxygens (including phenoxy) is 4. The largest absolute Gasteiger partial charge is 0.444 e. The molecule has 1 saturated heterocycles. The van der Waals surface area contributed by atoms with Crippen LogP contribution in [0, 0.1) is 29.6 Å². The first-order valence-electron chi connectivity index (χ1n) is 22.2. The maximum absolute atomic E-state index is 14.5. The zero-order valence-corrected chi connectivity index (χ0v) is 40.3. The summed E-state index contributed by atoms with van der Waals surface area (Å²) in [5.41, 5.74) is 0.355. The Labute approximate surface area is 374 Å². The van der Waals surface area contributed by atoms with E-state index in [1.54, 1.807) is 46.0 Å². The smallest absolute Gasteiger partial charge is 0.410 e. The first kappa shape index (κ1) is 52.8. The molecule has 14 heteroatoms. The van der Waals surface area contributed by atoms with Gasteiger partial charge >= 0.3 is 6.09 Å². The van der Waals surface area contributed by atoms with Crippen LogP contribution in [-0.4, -0.2) is 126 Å². The van der Waals surface area contributed by atoms with Gasteiger partial charge in [0.15, 0.2) is 11.6 Å². The molecule has 10 atom stereocenters. The molecule has 0 radical (unpaired) electrons. The van der Waals surface area contributed by atoms with Crippen LogP contribution in [0.25, 0.3) is 0 Å². The van der Waals surface area contributed by atoms with Gasteiger partial charge in [-0.3, -0.25) is 19.2 Å². The highest BCUT2D eigenvalue weighted by atomic mass is 32.1. The van der Waals surface area contributed by atoms with Gasteiger partial charge in [0.25, 0.3) is 0 Å². The lowest BCUT2D eigenvalue weighted by Crippen LogP contribution is -2.53. The number of carbonyl (C=O) groups is 5. The second kappa shape index (κ2) is 24.5. The van der Waals surface area contributed by atoms with Gasteiger partial charge in [-0.2, -0.15) is 0 Å². The van der Waals surface area contributed by atoms with E-state index in [-0.39, 0.29) is 85.6 Å². The number of likely N-dealkylation sites (N-methyl/N-ethyl adjacent to an activating group) is 2. The molecule has 1 aliphatic rings. The number of hydrogen-bond acceptors (Lipinski definition) is 12. The summed E-state index contributed by atoms with van der Waals surface area (Å²) in [7, 11) is 6.31. The van der Waals surface area contributed by atoms with Gasteiger partial charge < -0.3 is 33.9 Å². The number of Topliss-reactive ketones (excluding diaryl/α,β-unsaturated/α-hetero) is 3. The quantitative estimate of drug-likeness (QED) is 0.105. The average Bonchev–Trinajstić information content (AvgIpc) is 3.89. The minimum Gasteiger partial charge on any atom is -0.444 e. The van der Waals surface area contributed by atoms with Crippen molar-refractivity contribution in [1.82, 2.24) is 14.8 Å². The molecular formula is C48H75N3O10S. The summed E-state index contributed by atoms with van der Waals surface area (Å²) >= 11 is 1.51. The molecule has 2 heterocycles. The molecule has 1 N–H and O–H groups in total. The van der Waals surface area contributed by atoms with Crippen molar-refractivity contribution in [3.05, 3.63) is 52.5 Å². The number of benzene rings is 1. The Hall–Kier alpha value is -3.56. The third-order valence-electron chi connectivity index (χ3n) is 12.3. The van der Waals surface area contributed by atoms with E-state index in [9.17, 15) is 29.1 Å². The number of rotatable bonds is 25. The van der Waals surface area contributed by atoms with Crippen LogP contribution in [0.3, 0.4) is 0 Å². The van der Waals surface area contributed by atoms with Crippen molar-refractivity contribution in [2.75, 3.05) is 34.9 Å². The fourth-order valence-electron chi connectivity index (χ4n) is 8.85. The van der Waals surface area contributed by atoms with Gasteiger partial charge in [-0.25, -0.2) is 9.78 Å². The van der Waals surface area contributed by atoms with Crippen molar-refractivity contribution < 1.29 is 48.0 Å². The van der Waals surface area contributed by atoms with Crippen LogP contribution in [-0.2, 0) is 44.5 Å². The van der Waals surface area contributed by atoms with Crippen molar-refractivity contribution in [2.24, 2.45) is 29.6 Å². The van der Waals surface area contributed by atoms with Crippen LogP contribution in [0.4, 0.5) is 4.79 Å². The molecule has 2 unspecified atom stereocenters. The topological polar surface area (TPSA) is 162 Å². The number of methoxy groups -OCH3 is 2. The van der Waals surface area contributed by atoms with E-state index in [1.165, 1.54) is 30.5 Å². The second-order valence-electron chi connectivity index (χ2n) is 18.8. The summed E-state index contributed by atoms with van der Waals surface area (Å²) in [6.45, 7) is 16.6. The van der Waals surface area contributed by atoms with Gasteiger partial charge in [0, 0.05) is 83.3 Å². The Morgan fingerprint density at radius 2 is 1.60 bits per heavy atom. The Balaban J connectivity index is 1.73. The summed E-state index contributed by atoms with van der Waals surface area (Å²) in [5, 5.41) is 13.3. The molecule has 62 heavy (non-hydrogen) atoms. The molecule has 13 nitrogen and oxygen atoms in total. The van der Waals surface area contributed by atoms with E-state index < -0.39 is 60.0 Å². The van der Waals surface area contributed by atoms with Crippen molar-refractivity contribution in [3.8, 4) is 0 Å². The molecule has 3 rings (SSSR count). The minimum absolute atomic E-state index is 0.0199. The van der Waals surface area contributed by atoms with Crippen LogP contribution in [0.5, 0.6) is 0 Å². The van der Waals surface area contributed by atoms with Gasteiger partial charge in [-0.05, 0) is 56.9 Å². The molecule has 0 saturated carbocycles. The Morgan fingerprint density at radius 1 is 0.935 bits per heavy atom. The number of aliphatic hydroxyl groups is 1. The third-order valence-corrected chi connectivity index (χ3v) is 13.3. The SMILES string of the molecule is CC[C@H](C)C([C@H](CC(=O)CCC1O[C@H](C(=O)C[C@@H](Cc2ccccc2)c2nccs2)[C@@H](OC)[C@@H]1CO)OC)N(C)C(=O)[C@@H](CC(=O)[C@H](C(C)C)N(C)C(=O)OC(C)(C)C)C(C)C. The van der Waals surface area contributed by atoms with Crippen molar-refractivity contribution in [1.29, 1.82) is 0 Å². The maximum Gasteiger partial charge on any atom is 0.410 e. The molecule has 2 amide bonds. The number of carbonyl (C=O) groups excluding carboxylic acids is 5. The molecule has 0 aliphatic carbocycles. The lowest BCUT2D eigenvalue weighted by molar-refractivity contribution is -0.146. The van der Waals surface area contributed by atoms with Crippen LogP contribution in [0.2, 0.25) is 0 Å². The van der Waals surface area contributed by atoms with Gasteiger partial charge in [-0.15, -0.1) is 11.3 Å². The molecule has 348 valence electrons. The van der Waals surface area contributed by atoms with Crippen molar-refractivity contribution in [2.45, 2.75) is 155 Å². The summed E-state index contributed by atoms with van der Waals surface area (Å²) in [4.78, 5) is 76.7. The summed E-state index contributed by atoms with van der Waals surface area (Å²) in [5.74, 6) is -2.56. The standard InChI is InChI=1S/C48H75N3O10S/c1-14-31(6)42(50(10)46(56)35(29(2)3)27-37(54)41(30(4)5)51(11)47(57)61-48(7,8)9)40(58-12)26-34(53)20-21-39-36(28-52)43(59-13)44(60-39)38(55)25-33(45-49-22-23-62-45)24-32-18-16-15-17-19-32/h15-19,22-23,29-31,33,35-36,39-44,52H,14,20-21,24-28H2,1-13H3/t31-,33+,35-,36+,39?,40-,41-,42?,43-,44+/m0/s1. The highest BCUT2D eigenvalue weighted by Crippen LogP contribution is 2.36. The molecule has 1 aromatic carbocycles. The van der Waals surface area contributed by atoms with E-state index >= 15 is 0 Å². The van der Waals surface area contributed by atoms with E-state index in [4.69, 9.17) is 18.9 Å². The summed E-state index contributed by atoms with van der Waals surface area (Å²) < 4.78 is 23.7. The number of aliphatic hydroxyl groups excluding tert-OH is 1. The van der Waals surface area contributed by atoms with Gasteiger partial charge in [-0.1, -0.05) is 78.3 Å². The van der Waals surface area contributed by atoms with Crippen LogP contribution < -0.4 is 0 Å². The number of aromatic nitrogens is 1. The molecule has 1 fully saturated rings. The molecule has 0 spiro atoms. The number of amides is 2. The monoisotopic (exact) mass is 886 g/mol. The van der Waals surface area contributed by atoms with E-state index in [1.807, 2.05) is 77.3 Å². The van der Waals surface area contributed by atoms with E-state index in [2.05, 4.69) is 4.98 Å². The molecular weight excluding hydrogens is 811 g/mol. The highest BCUT2D eigenvalue weighted by molar-refractivity contribution is 7.09. The van der Waals surface area contributed by atoms with E-state index in [0.717, 1.165) is 10.6 Å². The fourth-order valence-corrected chi connectivity index (χ4v) is 9.60. The summed E-state index contributed by atoms with van der Waals surface area (Å²) in [6.07, 6.45) is 0.121.